The normalized spacial score (nSPS) is 24.5. The standard InChI is InChI=1S/C5H10FN.C3H8O/c1-7-3-2-5(6)4-7;1-3-4-2/h5H,2-4H2,1H3;3H2,1-2H3. The largest absolute Gasteiger partial charge is 0.385 e. The molecule has 0 N–H and O–H groups in total. The number of hydrogen-bond donors (Lipinski definition) is 0. The third-order valence-corrected chi connectivity index (χ3v) is 1.62. The first-order chi connectivity index (χ1) is 5.20. The van der Waals surface area contributed by atoms with Gasteiger partial charge in [0, 0.05) is 26.8 Å². The van der Waals surface area contributed by atoms with Crippen LogP contribution in [0, 0.1) is 0 Å². The summed E-state index contributed by atoms with van der Waals surface area (Å²) in [6.45, 7) is 4.35. The summed E-state index contributed by atoms with van der Waals surface area (Å²) in [5, 5.41) is 0. The Hall–Kier alpha value is -0.150. The van der Waals surface area contributed by atoms with E-state index < -0.39 is 6.17 Å². The van der Waals surface area contributed by atoms with Crippen molar-refractivity contribution >= 4 is 0 Å². The van der Waals surface area contributed by atoms with Gasteiger partial charge in [-0.2, -0.15) is 0 Å². The molecule has 0 aromatic heterocycles. The van der Waals surface area contributed by atoms with E-state index in [1.54, 1.807) is 7.11 Å². The molecule has 1 saturated heterocycles. The fourth-order valence-electron chi connectivity index (χ4n) is 0.881. The zero-order valence-corrected chi connectivity index (χ0v) is 7.64. The number of halogens is 1. The highest BCUT2D eigenvalue weighted by atomic mass is 19.1. The third kappa shape index (κ3) is 6.26. The second kappa shape index (κ2) is 6.55. The Morgan fingerprint density at radius 2 is 2.18 bits per heavy atom. The van der Waals surface area contributed by atoms with Crippen molar-refractivity contribution in [3.05, 3.63) is 0 Å². The number of hydrogen-bond acceptors (Lipinski definition) is 2. The highest BCUT2D eigenvalue weighted by Gasteiger charge is 2.17. The van der Waals surface area contributed by atoms with Crippen LogP contribution in [0.3, 0.4) is 0 Å². The average molecular weight is 163 g/mol. The first-order valence-corrected chi connectivity index (χ1v) is 4.02. The number of likely N-dealkylation sites (tertiary alicyclic amines) is 1. The van der Waals surface area contributed by atoms with Crippen LogP contribution in [0.1, 0.15) is 13.3 Å². The van der Waals surface area contributed by atoms with Crippen molar-refractivity contribution in [3.8, 4) is 0 Å². The van der Waals surface area contributed by atoms with Crippen LogP contribution in [-0.2, 0) is 4.74 Å². The van der Waals surface area contributed by atoms with E-state index in [4.69, 9.17) is 0 Å². The topological polar surface area (TPSA) is 12.5 Å². The summed E-state index contributed by atoms with van der Waals surface area (Å²) in [5.41, 5.74) is 0. The molecule has 0 aliphatic carbocycles. The van der Waals surface area contributed by atoms with E-state index in [9.17, 15) is 4.39 Å². The van der Waals surface area contributed by atoms with E-state index >= 15 is 0 Å². The number of ether oxygens (including phenoxy) is 1. The Bertz CT molecular complexity index is 80.2. The molecule has 1 atom stereocenters. The van der Waals surface area contributed by atoms with Crippen LogP contribution in [0.2, 0.25) is 0 Å². The number of rotatable bonds is 1. The van der Waals surface area contributed by atoms with E-state index in [1.165, 1.54) is 0 Å². The maximum atomic E-state index is 12.1. The molecular weight excluding hydrogens is 145 g/mol. The summed E-state index contributed by atoms with van der Waals surface area (Å²) in [6.07, 6.45) is 0.182. The lowest BCUT2D eigenvalue weighted by molar-refractivity contribution is 0.215. The second-order valence-corrected chi connectivity index (χ2v) is 2.73. The van der Waals surface area contributed by atoms with Crippen molar-refractivity contribution < 1.29 is 9.13 Å². The number of alkyl halides is 1. The summed E-state index contributed by atoms with van der Waals surface area (Å²) in [7, 11) is 3.62. The molecule has 68 valence electrons. The minimum atomic E-state index is -0.551. The van der Waals surface area contributed by atoms with Crippen LogP contribution < -0.4 is 0 Å². The predicted molar refractivity (Wildman–Crippen MR) is 44.6 cm³/mol. The molecular formula is C8H18FNO. The van der Waals surface area contributed by atoms with E-state index in [1.807, 2.05) is 18.9 Å². The van der Waals surface area contributed by atoms with Gasteiger partial charge in [0.25, 0.3) is 0 Å². The molecule has 0 radical (unpaired) electrons. The summed E-state index contributed by atoms with van der Waals surface area (Å²) in [5.74, 6) is 0. The zero-order chi connectivity index (χ0) is 8.69. The summed E-state index contributed by atoms with van der Waals surface area (Å²) < 4.78 is 16.7. The maximum Gasteiger partial charge on any atom is 0.114 e. The van der Waals surface area contributed by atoms with Crippen molar-refractivity contribution in [2.45, 2.75) is 19.5 Å². The van der Waals surface area contributed by atoms with Crippen LogP contribution in [0.5, 0.6) is 0 Å². The minimum Gasteiger partial charge on any atom is -0.385 e. The Kier molecular flexibility index (Phi) is 6.46. The van der Waals surface area contributed by atoms with Crippen molar-refractivity contribution in [2.75, 3.05) is 33.9 Å². The van der Waals surface area contributed by atoms with Crippen LogP contribution in [0.4, 0.5) is 4.39 Å². The lowest BCUT2D eigenvalue weighted by Crippen LogP contribution is -2.13. The van der Waals surface area contributed by atoms with Crippen molar-refractivity contribution in [1.29, 1.82) is 0 Å². The second-order valence-electron chi connectivity index (χ2n) is 2.73. The van der Waals surface area contributed by atoms with Crippen LogP contribution in [0.15, 0.2) is 0 Å². The SMILES string of the molecule is CCOC.CN1CCC(F)C1. The average Bonchev–Trinajstić information content (AvgIpc) is 2.35. The van der Waals surface area contributed by atoms with E-state index in [0.29, 0.717) is 6.54 Å². The molecule has 0 spiro atoms. The van der Waals surface area contributed by atoms with Gasteiger partial charge in [0.1, 0.15) is 6.17 Å². The van der Waals surface area contributed by atoms with Gasteiger partial charge < -0.3 is 9.64 Å². The van der Waals surface area contributed by atoms with Gasteiger partial charge in [-0.15, -0.1) is 0 Å². The quantitative estimate of drug-likeness (QED) is 0.578. The molecule has 0 amide bonds. The van der Waals surface area contributed by atoms with E-state index in [2.05, 4.69) is 4.74 Å². The van der Waals surface area contributed by atoms with Crippen molar-refractivity contribution in [2.24, 2.45) is 0 Å². The monoisotopic (exact) mass is 163 g/mol. The van der Waals surface area contributed by atoms with Crippen LogP contribution >= 0.6 is 0 Å². The lowest BCUT2D eigenvalue weighted by Gasteiger charge is -2.01. The molecule has 3 heteroatoms. The van der Waals surface area contributed by atoms with Crippen molar-refractivity contribution in [3.63, 3.8) is 0 Å². The molecule has 0 aromatic carbocycles. The molecule has 0 aromatic rings. The Morgan fingerprint density at radius 3 is 2.27 bits per heavy atom. The summed E-state index contributed by atoms with van der Waals surface area (Å²) in [6, 6.07) is 0. The molecule has 1 unspecified atom stereocenters. The minimum absolute atomic E-state index is 0.551. The highest BCUT2D eigenvalue weighted by Crippen LogP contribution is 2.08. The first-order valence-electron chi connectivity index (χ1n) is 4.02. The molecule has 11 heavy (non-hydrogen) atoms. The van der Waals surface area contributed by atoms with Crippen molar-refractivity contribution in [1.82, 2.24) is 4.90 Å². The van der Waals surface area contributed by atoms with Gasteiger partial charge in [-0.3, -0.25) is 0 Å². The molecule has 1 heterocycles. The fraction of sp³-hybridized carbons (Fsp3) is 1.00. The van der Waals surface area contributed by atoms with Crippen LogP contribution in [-0.4, -0.2) is 44.9 Å². The number of methoxy groups -OCH3 is 1. The summed E-state index contributed by atoms with van der Waals surface area (Å²) in [4.78, 5) is 2.00. The van der Waals surface area contributed by atoms with Gasteiger partial charge in [0.2, 0.25) is 0 Å². The first kappa shape index (κ1) is 10.8. The number of nitrogens with zero attached hydrogens (tertiary/aromatic N) is 1. The Balaban J connectivity index is 0.000000218. The lowest BCUT2D eigenvalue weighted by atomic mass is 10.4. The van der Waals surface area contributed by atoms with Gasteiger partial charge in [0.05, 0.1) is 0 Å². The predicted octanol–water partition coefficient (Wildman–Crippen LogP) is 1.31. The fourth-order valence-corrected chi connectivity index (χ4v) is 0.881. The Labute approximate surface area is 68.3 Å². The molecule has 1 aliphatic heterocycles. The van der Waals surface area contributed by atoms with Crippen LogP contribution in [0.25, 0.3) is 0 Å². The maximum absolute atomic E-state index is 12.1. The third-order valence-electron chi connectivity index (χ3n) is 1.62. The van der Waals surface area contributed by atoms with E-state index in [0.717, 1.165) is 19.6 Å². The summed E-state index contributed by atoms with van der Waals surface area (Å²) >= 11 is 0. The van der Waals surface area contributed by atoms with Gasteiger partial charge in [-0.05, 0) is 20.4 Å². The van der Waals surface area contributed by atoms with Gasteiger partial charge in [-0.25, -0.2) is 4.39 Å². The molecule has 0 saturated carbocycles. The Morgan fingerprint density at radius 1 is 1.64 bits per heavy atom. The molecule has 2 nitrogen and oxygen atoms in total. The van der Waals surface area contributed by atoms with E-state index in [-0.39, 0.29) is 0 Å². The molecule has 0 bridgehead atoms. The highest BCUT2D eigenvalue weighted by molar-refractivity contribution is 4.70. The smallest absolute Gasteiger partial charge is 0.114 e. The van der Waals surface area contributed by atoms with Gasteiger partial charge in [0.15, 0.2) is 0 Å². The molecule has 1 fully saturated rings. The molecule has 1 aliphatic rings. The zero-order valence-electron chi connectivity index (χ0n) is 7.64. The molecule has 1 rings (SSSR count). The van der Waals surface area contributed by atoms with Gasteiger partial charge >= 0.3 is 0 Å². The van der Waals surface area contributed by atoms with Gasteiger partial charge in [-0.1, -0.05) is 0 Å².